The van der Waals surface area contributed by atoms with Crippen LogP contribution in [0.3, 0.4) is 0 Å². The lowest BCUT2D eigenvalue weighted by Crippen LogP contribution is -2.06. The van der Waals surface area contributed by atoms with E-state index in [9.17, 15) is 9.18 Å². The fraction of sp³-hybridized carbons (Fsp3) is 0.0526. The zero-order chi connectivity index (χ0) is 16.8. The van der Waals surface area contributed by atoms with Crippen molar-refractivity contribution in [2.24, 2.45) is 0 Å². The summed E-state index contributed by atoms with van der Waals surface area (Å²) in [5, 5.41) is 0. The van der Waals surface area contributed by atoms with Gasteiger partial charge in [0.2, 0.25) is 0 Å². The normalized spacial score (nSPS) is 10.2. The number of benzene rings is 2. The van der Waals surface area contributed by atoms with Crippen LogP contribution in [0.5, 0.6) is 11.5 Å². The highest BCUT2D eigenvalue weighted by molar-refractivity contribution is 5.89. The number of esters is 1. The van der Waals surface area contributed by atoms with E-state index in [1.54, 1.807) is 36.7 Å². The van der Waals surface area contributed by atoms with Gasteiger partial charge in [0, 0.05) is 11.8 Å². The second kappa shape index (κ2) is 7.37. The molecule has 1 heterocycles. The van der Waals surface area contributed by atoms with E-state index in [2.05, 4.69) is 4.98 Å². The van der Waals surface area contributed by atoms with Crippen molar-refractivity contribution in [1.29, 1.82) is 0 Å². The van der Waals surface area contributed by atoms with Crippen LogP contribution in [-0.4, -0.2) is 11.0 Å². The predicted octanol–water partition coefficient (Wildman–Crippen LogP) is 4.37. The van der Waals surface area contributed by atoms with E-state index in [-0.39, 0.29) is 12.2 Å². The minimum absolute atomic E-state index is 0.0196. The van der Waals surface area contributed by atoms with E-state index in [0.717, 1.165) is 6.07 Å². The molecule has 2 aromatic carbocycles. The number of hydrogen-bond donors (Lipinski definition) is 0. The monoisotopic (exact) mass is 323 g/mol. The SMILES string of the molecule is O=C(OCc1ccccc1Oc1cccnc1)c1cccc(F)c1. The van der Waals surface area contributed by atoms with Crippen molar-refractivity contribution in [1.82, 2.24) is 4.98 Å². The Morgan fingerprint density at radius 1 is 1.04 bits per heavy atom. The lowest BCUT2D eigenvalue weighted by Gasteiger charge is -2.11. The number of ether oxygens (including phenoxy) is 2. The van der Waals surface area contributed by atoms with Crippen molar-refractivity contribution in [3.05, 3.63) is 90.0 Å². The molecule has 0 fully saturated rings. The molecule has 0 radical (unpaired) electrons. The third-order valence-corrected chi connectivity index (χ3v) is 3.25. The Morgan fingerprint density at radius 3 is 2.71 bits per heavy atom. The smallest absolute Gasteiger partial charge is 0.338 e. The van der Waals surface area contributed by atoms with Crippen LogP contribution in [0.15, 0.2) is 73.1 Å². The van der Waals surface area contributed by atoms with Crippen LogP contribution in [0, 0.1) is 5.82 Å². The molecule has 0 unspecified atom stereocenters. The molecule has 0 saturated heterocycles. The summed E-state index contributed by atoms with van der Waals surface area (Å²) in [4.78, 5) is 16.0. The van der Waals surface area contributed by atoms with Gasteiger partial charge in [0.1, 0.15) is 23.9 Å². The van der Waals surface area contributed by atoms with Crippen LogP contribution >= 0.6 is 0 Å². The molecule has 0 aliphatic heterocycles. The largest absolute Gasteiger partial charge is 0.457 e. The molecule has 0 bridgehead atoms. The second-order valence-electron chi connectivity index (χ2n) is 4.98. The molecule has 0 atom stereocenters. The molecule has 24 heavy (non-hydrogen) atoms. The van der Waals surface area contributed by atoms with Crippen LogP contribution in [0.2, 0.25) is 0 Å². The average molecular weight is 323 g/mol. The molecule has 1 aromatic heterocycles. The number of para-hydroxylation sites is 1. The number of halogens is 1. The zero-order valence-corrected chi connectivity index (χ0v) is 12.7. The Labute approximate surface area is 138 Å². The highest BCUT2D eigenvalue weighted by Gasteiger charge is 2.11. The summed E-state index contributed by atoms with van der Waals surface area (Å²) in [5.74, 6) is 0.0781. The van der Waals surface area contributed by atoms with E-state index in [1.165, 1.54) is 18.2 Å². The van der Waals surface area contributed by atoms with Crippen molar-refractivity contribution < 1.29 is 18.7 Å². The first kappa shape index (κ1) is 15.7. The zero-order valence-electron chi connectivity index (χ0n) is 12.7. The maximum absolute atomic E-state index is 13.2. The molecular formula is C19H14FNO3. The first-order chi connectivity index (χ1) is 11.7. The molecule has 3 rings (SSSR count). The molecule has 0 spiro atoms. The predicted molar refractivity (Wildman–Crippen MR) is 86.3 cm³/mol. The van der Waals surface area contributed by atoms with Gasteiger partial charge in [-0.2, -0.15) is 0 Å². The lowest BCUT2D eigenvalue weighted by molar-refractivity contribution is 0.0470. The molecule has 0 amide bonds. The van der Waals surface area contributed by atoms with Gasteiger partial charge in [0.05, 0.1) is 11.8 Å². The van der Waals surface area contributed by atoms with E-state index in [4.69, 9.17) is 9.47 Å². The lowest BCUT2D eigenvalue weighted by atomic mass is 10.2. The Hall–Kier alpha value is -3.21. The van der Waals surface area contributed by atoms with Gasteiger partial charge in [-0.1, -0.05) is 24.3 Å². The highest BCUT2D eigenvalue weighted by atomic mass is 19.1. The molecule has 0 N–H and O–H groups in total. The number of hydrogen-bond acceptors (Lipinski definition) is 4. The quantitative estimate of drug-likeness (QED) is 0.654. The number of pyridine rings is 1. The molecule has 120 valence electrons. The van der Waals surface area contributed by atoms with E-state index in [0.29, 0.717) is 17.1 Å². The van der Waals surface area contributed by atoms with E-state index < -0.39 is 11.8 Å². The van der Waals surface area contributed by atoms with Crippen molar-refractivity contribution >= 4 is 5.97 Å². The summed E-state index contributed by atoms with van der Waals surface area (Å²) in [7, 11) is 0. The van der Waals surface area contributed by atoms with Crippen molar-refractivity contribution in [2.45, 2.75) is 6.61 Å². The molecule has 5 heteroatoms. The number of aromatic nitrogens is 1. The van der Waals surface area contributed by atoms with Crippen molar-refractivity contribution in [3.8, 4) is 11.5 Å². The molecule has 4 nitrogen and oxygen atoms in total. The number of carbonyl (C=O) groups excluding carboxylic acids is 1. The standard InChI is InChI=1S/C19H14FNO3/c20-16-7-3-6-14(11-16)19(22)23-13-15-5-1-2-9-18(15)24-17-8-4-10-21-12-17/h1-12H,13H2. The fourth-order valence-corrected chi connectivity index (χ4v) is 2.10. The minimum Gasteiger partial charge on any atom is -0.457 e. The number of nitrogens with zero attached hydrogens (tertiary/aromatic N) is 1. The van der Waals surface area contributed by atoms with E-state index in [1.807, 2.05) is 12.1 Å². The third-order valence-electron chi connectivity index (χ3n) is 3.25. The first-order valence-electron chi connectivity index (χ1n) is 7.31. The van der Waals surface area contributed by atoms with E-state index >= 15 is 0 Å². The Morgan fingerprint density at radius 2 is 1.92 bits per heavy atom. The first-order valence-corrected chi connectivity index (χ1v) is 7.31. The minimum atomic E-state index is -0.592. The maximum Gasteiger partial charge on any atom is 0.338 e. The fourth-order valence-electron chi connectivity index (χ4n) is 2.10. The van der Waals surface area contributed by atoms with Gasteiger partial charge in [0.25, 0.3) is 0 Å². The Bertz CT molecular complexity index is 837. The van der Waals surface area contributed by atoms with Crippen LogP contribution in [0.4, 0.5) is 4.39 Å². The topological polar surface area (TPSA) is 48.4 Å². The molecule has 3 aromatic rings. The summed E-state index contributed by atoms with van der Waals surface area (Å²) in [5.41, 5.74) is 0.867. The molecule has 0 saturated carbocycles. The van der Waals surface area contributed by atoms with Crippen molar-refractivity contribution in [3.63, 3.8) is 0 Å². The van der Waals surface area contributed by atoms with Gasteiger partial charge in [-0.15, -0.1) is 0 Å². The van der Waals surface area contributed by atoms with Gasteiger partial charge in [0.15, 0.2) is 0 Å². The summed E-state index contributed by atoms with van der Waals surface area (Å²) >= 11 is 0. The Kier molecular flexibility index (Phi) is 4.81. The average Bonchev–Trinajstić information content (AvgIpc) is 2.61. The van der Waals surface area contributed by atoms with Gasteiger partial charge in [-0.05, 0) is 36.4 Å². The van der Waals surface area contributed by atoms with Crippen LogP contribution in [0.25, 0.3) is 0 Å². The van der Waals surface area contributed by atoms with Gasteiger partial charge in [-0.25, -0.2) is 9.18 Å². The molecule has 0 aliphatic carbocycles. The van der Waals surface area contributed by atoms with Crippen LogP contribution in [0.1, 0.15) is 15.9 Å². The summed E-state index contributed by atoms with van der Waals surface area (Å²) < 4.78 is 24.2. The highest BCUT2D eigenvalue weighted by Crippen LogP contribution is 2.25. The summed E-state index contributed by atoms with van der Waals surface area (Å²) in [6, 6.07) is 16.1. The molecule has 0 aliphatic rings. The summed E-state index contributed by atoms with van der Waals surface area (Å²) in [6.07, 6.45) is 3.25. The van der Waals surface area contributed by atoms with Gasteiger partial charge >= 0.3 is 5.97 Å². The molecular weight excluding hydrogens is 309 g/mol. The summed E-state index contributed by atoms with van der Waals surface area (Å²) in [6.45, 7) is 0.0196. The third kappa shape index (κ3) is 3.95. The van der Waals surface area contributed by atoms with Gasteiger partial charge < -0.3 is 9.47 Å². The number of carbonyl (C=O) groups is 1. The van der Waals surface area contributed by atoms with Crippen LogP contribution < -0.4 is 4.74 Å². The maximum atomic E-state index is 13.2. The van der Waals surface area contributed by atoms with Crippen LogP contribution in [-0.2, 0) is 11.3 Å². The Balaban J connectivity index is 1.70. The second-order valence-corrected chi connectivity index (χ2v) is 4.98. The van der Waals surface area contributed by atoms with Crippen molar-refractivity contribution in [2.75, 3.05) is 0 Å². The van der Waals surface area contributed by atoms with Gasteiger partial charge in [-0.3, -0.25) is 4.98 Å². The number of rotatable bonds is 5.